The maximum atomic E-state index is 11.8. The molecule has 0 aliphatic carbocycles. The van der Waals surface area contributed by atoms with E-state index in [9.17, 15) is 9.59 Å². The molecule has 0 atom stereocenters. The molecule has 1 N–H and O–H groups in total. The zero-order valence-corrected chi connectivity index (χ0v) is 12.6. The minimum atomic E-state index is -1.03. The molecule has 104 valence electrons. The van der Waals surface area contributed by atoms with E-state index in [1.807, 2.05) is 0 Å². The molecular weight excluding hydrogens is 309 g/mol. The summed E-state index contributed by atoms with van der Waals surface area (Å²) in [6.07, 6.45) is 0. The maximum Gasteiger partial charge on any atom is 0.323 e. The Bertz CT molecular complexity index is 482. The molecule has 0 radical (unpaired) electrons. The molecule has 4 nitrogen and oxygen atoms in total. The van der Waals surface area contributed by atoms with E-state index >= 15 is 0 Å². The summed E-state index contributed by atoms with van der Waals surface area (Å²) in [6.45, 7) is 1.80. The van der Waals surface area contributed by atoms with Crippen LogP contribution in [0.4, 0.5) is 0 Å². The van der Waals surface area contributed by atoms with E-state index < -0.39 is 5.97 Å². The predicted octanol–water partition coefficient (Wildman–Crippen LogP) is 3.02. The molecule has 0 aliphatic rings. The first kappa shape index (κ1) is 16.1. The van der Waals surface area contributed by atoms with Gasteiger partial charge in [-0.1, -0.05) is 23.2 Å². The number of carboxylic acid groups (broad SMARTS) is 1. The molecule has 0 saturated carbocycles. The first-order chi connectivity index (χ1) is 8.93. The Hall–Kier alpha value is -0.910. The number of aliphatic carboxylic acids is 1. The number of likely N-dealkylation sites (N-methyl/N-ethyl adjacent to an activating group) is 1. The average molecular weight is 322 g/mol. The van der Waals surface area contributed by atoms with Crippen molar-refractivity contribution < 1.29 is 14.7 Å². The highest BCUT2D eigenvalue weighted by Crippen LogP contribution is 2.29. The van der Waals surface area contributed by atoms with E-state index in [0.29, 0.717) is 21.5 Å². The number of benzene rings is 1. The van der Waals surface area contributed by atoms with Crippen LogP contribution in [0, 0.1) is 0 Å². The van der Waals surface area contributed by atoms with Crippen molar-refractivity contribution in [1.29, 1.82) is 0 Å². The summed E-state index contributed by atoms with van der Waals surface area (Å²) in [5.74, 6) is -1.15. The SMILES string of the molecule is CCN(CC(=O)O)C(=O)CSc1cc(Cl)ccc1Cl. The van der Waals surface area contributed by atoms with E-state index in [4.69, 9.17) is 28.3 Å². The molecule has 0 fully saturated rings. The van der Waals surface area contributed by atoms with Crippen LogP contribution >= 0.6 is 35.0 Å². The van der Waals surface area contributed by atoms with E-state index in [0.717, 1.165) is 0 Å². The Kier molecular flexibility index (Phi) is 6.48. The summed E-state index contributed by atoms with van der Waals surface area (Å²) in [4.78, 5) is 24.4. The van der Waals surface area contributed by atoms with Gasteiger partial charge >= 0.3 is 5.97 Å². The Morgan fingerprint density at radius 2 is 2.05 bits per heavy atom. The highest BCUT2D eigenvalue weighted by Gasteiger charge is 2.15. The van der Waals surface area contributed by atoms with Gasteiger partial charge in [0.05, 0.1) is 10.8 Å². The van der Waals surface area contributed by atoms with Gasteiger partial charge in [0.25, 0.3) is 0 Å². The van der Waals surface area contributed by atoms with Crippen LogP contribution in [0.5, 0.6) is 0 Å². The van der Waals surface area contributed by atoms with Crippen molar-refractivity contribution >= 4 is 46.8 Å². The van der Waals surface area contributed by atoms with Gasteiger partial charge in [-0.15, -0.1) is 11.8 Å². The number of amides is 1. The lowest BCUT2D eigenvalue weighted by atomic mass is 10.4. The van der Waals surface area contributed by atoms with Gasteiger partial charge in [0.1, 0.15) is 6.54 Å². The molecular formula is C12H13Cl2NO3S. The van der Waals surface area contributed by atoms with E-state index in [1.54, 1.807) is 25.1 Å². The van der Waals surface area contributed by atoms with Crippen molar-refractivity contribution in [3.63, 3.8) is 0 Å². The maximum absolute atomic E-state index is 11.8. The number of carbonyl (C=O) groups is 2. The predicted molar refractivity (Wildman–Crippen MR) is 77.1 cm³/mol. The Balaban J connectivity index is 2.62. The van der Waals surface area contributed by atoms with Gasteiger partial charge in [-0.2, -0.15) is 0 Å². The van der Waals surface area contributed by atoms with Gasteiger partial charge in [0.2, 0.25) is 5.91 Å². The molecule has 1 rings (SSSR count). The second-order valence-electron chi connectivity index (χ2n) is 3.67. The Morgan fingerprint density at radius 1 is 1.37 bits per heavy atom. The van der Waals surface area contributed by atoms with Gasteiger partial charge in [0.15, 0.2) is 0 Å². The lowest BCUT2D eigenvalue weighted by Crippen LogP contribution is -2.36. The first-order valence-electron chi connectivity index (χ1n) is 5.51. The summed E-state index contributed by atoms with van der Waals surface area (Å²) in [5, 5.41) is 9.75. The van der Waals surface area contributed by atoms with Crippen LogP contribution < -0.4 is 0 Å². The van der Waals surface area contributed by atoms with Crippen LogP contribution in [0.2, 0.25) is 10.0 Å². The standard InChI is InChI=1S/C12H13Cl2NO3S/c1-2-15(6-12(17)18)11(16)7-19-10-5-8(13)3-4-9(10)14/h3-5H,2,6-7H2,1H3,(H,17,18). The van der Waals surface area contributed by atoms with Crippen LogP contribution in [0.3, 0.4) is 0 Å². The summed E-state index contributed by atoms with van der Waals surface area (Å²) >= 11 is 13.1. The van der Waals surface area contributed by atoms with Crippen molar-refractivity contribution in [1.82, 2.24) is 4.90 Å². The molecule has 0 aliphatic heterocycles. The third-order valence-corrected chi connectivity index (χ3v) is 4.02. The molecule has 0 bridgehead atoms. The molecule has 1 aromatic carbocycles. The molecule has 1 aromatic rings. The Morgan fingerprint density at radius 3 is 2.63 bits per heavy atom. The first-order valence-corrected chi connectivity index (χ1v) is 7.25. The van der Waals surface area contributed by atoms with Gasteiger partial charge in [0, 0.05) is 16.5 Å². The van der Waals surface area contributed by atoms with Crippen LogP contribution in [0.1, 0.15) is 6.92 Å². The monoisotopic (exact) mass is 321 g/mol. The van der Waals surface area contributed by atoms with Crippen LogP contribution in [0.15, 0.2) is 23.1 Å². The number of hydrogen-bond donors (Lipinski definition) is 1. The van der Waals surface area contributed by atoms with Gasteiger partial charge in [-0.3, -0.25) is 9.59 Å². The van der Waals surface area contributed by atoms with Gasteiger partial charge in [-0.05, 0) is 25.1 Å². The lowest BCUT2D eigenvalue weighted by molar-refractivity contribution is -0.143. The van der Waals surface area contributed by atoms with Crippen LogP contribution in [-0.2, 0) is 9.59 Å². The number of hydrogen-bond acceptors (Lipinski definition) is 3. The number of thioether (sulfide) groups is 1. The van der Waals surface area contributed by atoms with E-state index in [-0.39, 0.29) is 18.2 Å². The minimum Gasteiger partial charge on any atom is -0.480 e. The fourth-order valence-electron chi connectivity index (χ4n) is 1.36. The molecule has 0 spiro atoms. The highest BCUT2D eigenvalue weighted by molar-refractivity contribution is 8.00. The fraction of sp³-hybridized carbons (Fsp3) is 0.333. The molecule has 0 aromatic heterocycles. The Labute approximate surface area is 125 Å². The van der Waals surface area contributed by atoms with Crippen molar-refractivity contribution in [2.24, 2.45) is 0 Å². The summed E-state index contributed by atoms with van der Waals surface area (Å²) in [7, 11) is 0. The number of carboxylic acids is 1. The van der Waals surface area contributed by atoms with Crippen molar-refractivity contribution in [2.75, 3.05) is 18.8 Å². The molecule has 0 unspecified atom stereocenters. The zero-order chi connectivity index (χ0) is 14.4. The molecule has 0 heterocycles. The second-order valence-corrected chi connectivity index (χ2v) is 5.53. The van der Waals surface area contributed by atoms with Crippen molar-refractivity contribution in [2.45, 2.75) is 11.8 Å². The molecule has 7 heteroatoms. The third kappa shape index (κ3) is 5.30. The number of nitrogens with zero attached hydrogens (tertiary/aromatic N) is 1. The minimum absolute atomic E-state index is 0.126. The van der Waals surface area contributed by atoms with E-state index in [2.05, 4.69) is 0 Å². The third-order valence-electron chi connectivity index (χ3n) is 2.30. The smallest absolute Gasteiger partial charge is 0.323 e. The fourth-order valence-corrected chi connectivity index (χ4v) is 2.75. The largest absolute Gasteiger partial charge is 0.480 e. The molecule has 0 saturated heterocycles. The second kappa shape index (κ2) is 7.62. The van der Waals surface area contributed by atoms with Gasteiger partial charge in [-0.25, -0.2) is 0 Å². The summed E-state index contributed by atoms with van der Waals surface area (Å²) in [6, 6.07) is 5.00. The van der Waals surface area contributed by atoms with Crippen molar-refractivity contribution in [3.8, 4) is 0 Å². The topological polar surface area (TPSA) is 57.6 Å². The summed E-state index contributed by atoms with van der Waals surface area (Å²) < 4.78 is 0. The van der Waals surface area contributed by atoms with Gasteiger partial charge < -0.3 is 10.0 Å². The highest BCUT2D eigenvalue weighted by atomic mass is 35.5. The summed E-state index contributed by atoms with van der Waals surface area (Å²) in [5.41, 5.74) is 0. The van der Waals surface area contributed by atoms with Crippen LogP contribution in [0.25, 0.3) is 0 Å². The van der Waals surface area contributed by atoms with E-state index in [1.165, 1.54) is 16.7 Å². The molecule has 19 heavy (non-hydrogen) atoms. The molecule has 1 amide bonds. The number of rotatable bonds is 6. The zero-order valence-electron chi connectivity index (χ0n) is 10.2. The van der Waals surface area contributed by atoms with Crippen molar-refractivity contribution in [3.05, 3.63) is 28.2 Å². The number of carbonyl (C=O) groups excluding carboxylic acids is 1. The van der Waals surface area contributed by atoms with Crippen LogP contribution in [-0.4, -0.2) is 40.7 Å². The number of halogens is 2. The normalized spacial score (nSPS) is 10.3. The average Bonchev–Trinajstić information content (AvgIpc) is 2.36. The lowest BCUT2D eigenvalue weighted by Gasteiger charge is -2.18. The quantitative estimate of drug-likeness (QED) is 0.818.